The normalized spacial score (nSPS) is 22.5. The quantitative estimate of drug-likeness (QED) is 0.597. The SMILES string of the molecule is COc1ccc(C2(C#Cc3csc(N4CNC(C)O4)c3)CCC(=O)CC2)cc1OC1CCCC1. The van der Waals surface area contributed by atoms with Crippen LogP contribution in [0.15, 0.2) is 29.6 Å². The summed E-state index contributed by atoms with van der Waals surface area (Å²) in [5.74, 6) is 8.87. The maximum atomic E-state index is 12.1. The summed E-state index contributed by atoms with van der Waals surface area (Å²) in [5, 5.41) is 8.22. The first-order valence-corrected chi connectivity index (χ1v) is 13.1. The number of benzene rings is 1. The largest absolute Gasteiger partial charge is 0.493 e. The van der Waals surface area contributed by atoms with Gasteiger partial charge >= 0.3 is 0 Å². The van der Waals surface area contributed by atoms with Crippen molar-refractivity contribution in [2.45, 2.75) is 76.0 Å². The number of methoxy groups -OCH3 is 1. The second-order valence-electron chi connectivity index (χ2n) is 9.42. The molecule has 1 saturated heterocycles. The molecule has 1 atom stereocenters. The lowest BCUT2D eigenvalue weighted by molar-refractivity contribution is -0.120. The van der Waals surface area contributed by atoms with Gasteiger partial charge in [0.25, 0.3) is 0 Å². The van der Waals surface area contributed by atoms with Crippen LogP contribution in [0, 0.1) is 11.8 Å². The summed E-state index contributed by atoms with van der Waals surface area (Å²) < 4.78 is 12.0. The zero-order valence-electron chi connectivity index (χ0n) is 19.9. The van der Waals surface area contributed by atoms with E-state index in [2.05, 4.69) is 40.7 Å². The van der Waals surface area contributed by atoms with E-state index in [1.54, 1.807) is 18.4 Å². The van der Waals surface area contributed by atoms with Crippen LogP contribution in [0.3, 0.4) is 0 Å². The van der Waals surface area contributed by atoms with Gasteiger partial charge in [-0.1, -0.05) is 17.9 Å². The van der Waals surface area contributed by atoms with E-state index in [1.165, 1.54) is 12.8 Å². The van der Waals surface area contributed by atoms with E-state index >= 15 is 0 Å². The van der Waals surface area contributed by atoms with Crippen molar-refractivity contribution in [3.05, 3.63) is 40.8 Å². The topological polar surface area (TPSA) is 60.0 Å². The Hall–Kier alpha value is -2.53. The molecule has 1 unspecified atom stereocenters. The number of ether oxygens (including phenoxy) is 2. The molecule has 0 spiro atoms. The number of hydrogen-bond donors (Lipinski definition) is 1. The number of anilines is 1. The van der Waals surface area contributed by atoms with Crippen molar-refractivity contribution < 1.29 is 19.1 Å². The Balaban J connectivity index is 1.44. The molecule has 180 valence electrons. The summed E-state index contributed by atoms with van der Waals surface area (Å²) in [7, 11) is 1.68. The van der Waals surface area contributed by atoms with Crippen LogP contribution in [0.2, 0.25) is 0 Å². The smallest absolute Gasteiger partial charge is 0.161 e. The van der Waals surface area contributed by atoms with Crippen molar-refractivity contribution in [1.82, 2.24) is 5.32 Å². The monoisotopic (exact) mass is 480 g/mol. The second-order valence-corrected chi connectivity index (χ2v) is 10.3. The third-order valence-corrected chi connectivity index (χ3v) is 7.99. The van der Waals surface area contributed by atoms with Gasteiger partial charge in [-0.25, -0.2) is 5.06 Å². The molecule has 7 heteroatoms. The number of rotatable bonds is 5. The fourth-order valence-corrected chi connectivity index (χ4v) is 5.81. The Morgan fingerprint density at radius 2 is 1.97 bits per heavy atom. The molecule has 2 heterocycles. The van der Waals surface area contributed by atoms with Gasteiger partial charge in [0.05, 0.1) is 25.3 Å². The van der Waals surface area contributed by atoms with Crippen LogP contribution in [0.1, 0.15) is 69.4 Å². The molecule has 0 bridgehead atoms. The molecule has 6 nitrogen and oxygen atoms in total. The number of hydrogen-bond acceptors (Lipinski definition) is 7. The summed E-state index contributed by atoms with van der Waals surface area (Å²) in [6.45, 7) is 2.65. The van der Waals surface area contributed by atoms with Gasteiger partial charge in [-0.15, -0.1) is 11.3 Å². The van der Waals surface area contributed by atoms with Gasteiger partial charge < -0.3 is 9.47 Å². The maximum absolute atomic E-state index is 12.1. The second kappa shape index (κ2) is 9.99. The van der Waals surface area contributed by atoms with Crippen LogP contribution in [-0.2, 0) is 15.0 Å². The third kappa shape index (κ3) is 4.95. The molecule has 2 aromatic rings. The van der Waals surface area contributed by atoms with Crippen LogP contribution in [0.5, 0.6) is 11.5 Å². The van der Waals surface area contributed by atoms with E-state index in [9.17, 15) is 4.79 Å². The summed E-state index contributed by atoms with van der Waals surface area (Å²) in [6, 6.07) is 8.25. The maximum Gasteiger partial charge on any atom is 0.161 e. The lowest BCUT2D eigenvalue weighted by atomic mass is 9.69. The fourth-order valence-electron chi connectivity index (χ4n) is 5.01. The Morgan fingerprint density at radius 3 is 2.68 bits per heavy atom. The van der Waals surface area contributed by atoms with Crippen LogP contribution in [-0.4, -0.2) is 31.9 Å². The highest BCUT2D eigenvalue weighted by molar-refractivity contribution is 7.14. The first kappa shape index (κ1) is 23.2. The number of ketones is 1. The van der Waals surface area contributed by atoms with E-state index in [4.69, 9.17) is 14.3 Å². The van der Waals surface area contributed by atoms with Crippen molar-refractivity contribution in [3.8, 4) is 23.3 Å². The van der Waals surface area contributed by atoms with Crippen LogP contribution >= 0.6 is 11.3 Å². The number of thiophene rings is 1. The van der Waals surface area contributed by atoms with E-state index < -0.39 is 0 Å². The van der Waals surface area contributed by atoms with Crippen LogP contribution < -0.4 is 19.9 Å². The Kier molecular flexibility index (Phi) is 6.82. The molecule has 0 radical (unpaired) electrons. The number of carbonyl (C=O) groups excluding carboxylic acids is 1. The van der Waals surface area contributed by atoms with E-state index in [-0.39, 0.29) is 17.7 Å². The first-order valence-electron chi connectivity index (χ1n) is 12.2. The van der Waals surface area contributed by atoms with Crippen molar-refractivity contribution in [1.29, 1.82) is 0 Å². The molecule has 5 rings (SSSR count). The molecule has 3 aliphatic rings. The summed E-state index contributed by atoms with van der Waals surface area (Å²) in [6.07, 6.45) is 7.41. The highest BCUT2D eigenvalue weighted by atomic mass is 32.1. The predicted molar refractivity (Wildman–Crippen MR) is 133 cm³/mol. The molecule has 3 fully saturated rings. The standard InChI is InChI=1S/C27H32N2O4S/c1-19-28-18-29(33-19)26-15-20(17-34-26)9-12-27(13-10-22(30)11-14-27)21-7-8-24(31-2)25(16-21)32-23-5-3-4-6-23/h7-8,15-17,19,23,28H,3-6,10-11,13-14,18H2,1-2H3. The zero-order chi connectivity index (χ0) is 23.5. The van der Waals surface area contributed by atoms with Crippen molar-refractivity contribution in [2.75, 3.05) is 18.8 Å². The average Bonchev–Trinajstić information content (AvgIpc) is 3.61. The van der Waals surface area contributed by atoms with Crippen LogP contribution in [0.25, 0.3) is 0 Å². The van der Waals surface area contributed by atoms with E-state index in [0.29, 0.717) is 25.3 Å². The summed E-state index contributed by atoms with van der Waals surface area (Å²) in [5.41, 5.74) is 1.70. The zero-order valence-corrected chi connectivity index (χ0v) is 20.7. The number of carbonyl (C=O) groups is 1. The van der Waals surface area contributed by atoms with Gasteiger partial charge in [0.15, 0.2) is 11.5 Å². The molecule has 1 aliphatic heterocycles. The minimum Gasteiger partial charge on any atom is -0.493 e. The number of nitrogens with zero attached hydrogens (tertiary/aromatic N) is 1. The van der Waals surface area contributed by atoms with Crippen molar-refractivity contribution >= 4 is 22.1 Å². The fraction of sp³-hybridized carbons (Fsp3) is 0.519. The number of hydroxylamine groups is 1. The predicted octanol–water partition coefficient (Wildman–Crippen LogP) is 5.16. The Bertz CT molecular complexity index is 1090. The number of Topliss-reactive ketones (excluding diaryl/α,β-unsaturated/α-hetero) is 1. The third-order valence-electron chi connectivity index (χ3n) is 7.06. The molecule has 1 N–H and O–H groups in total. The van der Waals surface area contributed by atoms with E-state index in [0.717, 1.165) is 53.3 Å². The lowest BCUT2D eigenvalue weighted by Gasteiger charge is -2.33. The highest BCUT2D eigenvalue weighted by Gasteiger charge is 2.36. The first-order chi connectivity index (χ1) is 16.5. The summed E-state index contributed by atoms with van der Waals surface area (Å²) >= 11 is 1.62. The van der Waals surface area contributed by atoms with Gasteiger partial charge in [-0.05, 0) is 69.2 Å². The van der Waals surface area contributed by atoms with Crippen LogP contribution in [0.4, 0.5) is 5.00 Å². The number of nitrogens with one attached hydrogen (secondary N) is 1. The molecule has 2 aliphatic carbocycles. The molecular weight excluding hydrogens is 448 g/mol. The van der Waals surface area contributed by atoms with Gasteiger partial charge in [-0.3, -0.25) is 14.9 Å². The van der Waals surface area contributed by atoms with E-state index in [1.807, 2.05) is 18.1 Å². The van der Waals surface area contributed by atoms with Gasteiger partial charge in [0.2, 0.25) is 0 Å². The average molecular weight is 481 g/mol. The van der Waals surface area contributed by atoms with Crippen molar-refractivity contribution in [3.63, 3.8) is 0 Å². The molecule has 1 aromatic carbocycles. The van der Waals surface area contributed by atoms with Gasteiger partial charge in [0, 0.05) is 23.8 Å². The minimum absolute atomic E-state index is 0.00963. The van der Waals surface area contributed by atoms with Crippen molar-refractivity contribution in [2.24, 2.45) is 0 Å². The van der Waals surface area contributed by atoms with Gasteiger partial charge in [0.1, 0.15) is 17.0 Å². The van der Waals surface area contributed by atoms with Gasteiger partial charge in [-0.2, -0.15) is 0 Å². The Labute approximate surface area is 205 Å². The Morgan fingerprint density at radius 1 is 1.18 bits per heavy atom. The molecule has 1 aromatic heterocycles. The molecular formula is C27H32N2O4S. The minimum atomic E-state index is -0.379. The summed E-state index contributed by atoms with van der Waals surface area (Å²) in [4.78, 5) is 17.9. The molecule has 2 saturated carbocycles. The molecule has 34 heavy (non-hydrogen) atoms. The highest BCUT2D eigenvalue weighted by Crippen LogP contribution is 2.42. The lowest BCUT2D eigenvalue weighted by Crippen LogP contribution is -2.30. The molecule has 0 amide bonds.